The van der Waals surface area contributed by atoms with Crippen molar-refractivity contribution in [1.82, 2.24) is 9.88 Å². The second-order valence-corrected chi connectivity index (χ2v) is 7.92. The Morgan fingerprint density at radius 3 is 2.41 bits per heavy atom. The minimum Gasteiger partial charge on any atom is -0.360 e. The molecule has 2 aromatic carbocycles. The zero-order valence-electron chi connectivity index (χ0n) is 14.5. The van der Waals surface area contributed by atoms with Crippen LogP contribution in [0.4, 0.5) is 5.69 Å². The van der Waals surface area contributed by atoms with Crippen molar-refractivity contribution in [2.75, 3.05) is 12.4 Å². The predicted molar refractivity (Wildman–Crippen MR) is 102 cm³/mol. The van der Waals surface area contributed by atoms with Gasteiger partial charge in [0.15, 0.2) is 0 Å². The van der Waals surface area contributed by atoms with E-state index in [1.54, 1.807) is 31.2 Å². The van der Waals surface area contributed by atoms with Crippen LogP contribution in [0.1, 0.15) is 16.1 Å². The monoisotopic (exact) mass is 405 g/mol. The number of carbonyl (C=O) groups is 1. The third-order valence-corrected chi connectivity index (χ3v) is 5.67. The van der Waals surface area contributed by atoms with Crippen molar-refractivity contribution in [3.8, 4) is 11.3 Å². The molecule has 9 heteroatoms. The molecule has 0 aliphatic carbocycles. The lowest BCUT2D eigenvalue weighted by Crippen LogP contribution is -2.18. The zero-order chi connectivity index (χ0) is 19.6. The molecule has 0 fully saturated rings. The van der Waals surface area contributed by atoms with E-state index in [0.29, 0.717) is 27.7 Å². The van der Waals surface area contributed by atoms with Gasteiger partial charge in [0.05, 0.1) is 9.92 Å². The molecule has 140 valence electrons. The number of benzene rings is 2. The number of amides is 1. The Hall–Kier alpha value is -2.68. The molecule has 3 rings (SSSR count). The first-order valence-corrected chi connectivity index (χ1v) is 9.75. The number of nitrogens with one attached hydrogen (secondary N) is 2. The lowest BCUT2D eigenvalue weighted by Gasteiger charge is -2.08. The predicted octanol–water partition coefficient (Wildman–Crippen LogP) is 3.46. The van der Waals surface area contributed by atoms with Crippen LogP contribution in [-0.4, -0.2) is 26.5 Å². The molecule has 27 heavy (non-hydrogen) atoms. The van der Waals surface area contributed by atoms with Gasteiger partial charge in [-0.25, -0.2) is 13.1 Å². The number of rotatable bonds is 5. The second-order valence-electron chi connectivity index (χ2n) is 5.63. The molecule has 0 saturated heterocycles. The average molecular weight is 406 g/mol. The summed E-state index contributed by atoms with van der Waals surface area (Å²) in [6.07, 6.45) is 0. The summed E-state index contributed by atoms with van der Waals surface area (Å²) in [6, 6.07) is 12.8. The van der Waals surface area contributed by atoms with E-state index in [2.05, 4.69) is 15.2 Å². The number of nitrogens with zero attached hydrogens (tertiary/aromatic N) is 1. The van der Waals surface area contributed by atoms with Gasteiger partial charge in [0.25, 0.3) is 5.91 Å². The molecule has 0 saturated carbocycles. The quantitative estimate of drug-likeness (QED) is 0.676. The zero-order valence-corrected chi connectivity index (χ0v) is 16.1. The molecule has 0 unspecified atom stereocenters. The molecule has 0 radical (unpaired) electrons. The second kappa shape index (κ2) is 7.51. The molecule has 1 heterocycles. The molecule has 0 aliphatic rings. The minimum absolute atomic E-state index is 0.0981. The van der Waals surface area contributed by atoms with Crippen LogP contribution < -0.4 is 10.0 Å². The Balaban J connectivity index is 1.90. The lowest BCUT2D eigenvalue weighted by atomic mass is 10.1. The first-order chi connectivity index (χ1) is 12.8. The fourth-order valence-electron chi connectivity index (χ4n) is 2.51. The van der Waals surface area contributed by atoms with E-state index in [4.69, 9.17) is 16.1 Å². The molecule has 3 aromatic rings. The normalized spacial score (nSPS) is 11.4. The number of sulfonamides is 1. The summed E-state index contributed by atoms with van der Waals surface area (Å²) in [7, 11) is -2.21. The summed E-state index contributed by atoms with van der Waals surface area (Å²) >= 11 is 6.20. The van der Waals surface area contributed by atoms with Crippen LogP contribution in [0, 0.1) is 6.92 Å². The molecule has 0 spiro atoms. The fraction of sp³-hybridized carbons (Fsp3) is 0.111. The number of aryl methyl sites for hydroxylation is 1. The molecule has 0 bridgehead atoms. The van der Waals surface area contributed by atoms with E-state index in [1.165, 1.54) is 31.3 Å². The highest BCUT2D eigenvalue weighted by Crippen LogP contribution is 2.31. The summed E-state index contributed by atoms with van der Waals surface area (Å²) in [4.78, 5) is 12.9. The first kappa shape index (κ1) is 19.1. The van der Waals surface area contributed by atoms with E-state index in [9.17, 15) is 13.2 Å². The van der Waals surface area contributed by atoms with Crippen LogP contribution in [-0.2, 0) is 10.0 Å². The topological polar surface area (TPSA) is 101 Å². The largest absolute Gasteiger partial charge is 0.360 e. The number of hydrogen-bond donors (Lipinski definition) is 2. The molecule has 1 amide bonds. The summed E-state index contributed by atoms with van der Waals surface area (Å²) in [5.41, 5.74) is 1.61. The van der Waals surface area contributed by atoms with E-state index >= 15 is 0 Å². The number of hydrogen-bond acceptors (Lipinski definition) is 5. The molecule has 0 atom stereocenters. The van der Waals surface area contributed by atoms with E-state index < -0.39 is 15.9 Å². The van der Waals surface area contributed by atoms with Gasteiger partial charge in [-0.1, -0.05) is 35.0 Å². The number of carbonyl (C=O) groups excluding carboxylic acids is 1. The van der Waals surface area contributed by atoms with Gasteiger partial charge in [0, 0.05) is 11.3 Å². The third kappa shape index (κ3) is 3.87. The third-order valence-electron chi connectivity index (χ3n) is 3.91. The minimum atomic E-state index is -3.54. The number of anilines is 1. The maximum Gasteiger partial charge on any atom is 0.261 e. The van der Waals surface area contributed by atoms with Gasteiger partial charge in [-0.05, 0) is 44.3 Å². The van der Waals surface area contributed by atoms with Crippen LogP contribution >= 0.6 is 11.6 Å². The Bertz CT molecular complexity index is 1090. The van der Waals surface area contributed by atoms with Gasteiger partial charge in [0.2, 0.25) is 10.0 Å². The molecule has 7 nitrogen and oxygen atoms in total. The van der Waals surface area contributed by atoms with E-state index in [0.717, 1.165) is 0 Å². The highest BCUT2D eigenvalue weighted by molar-refractivity contribution is 7.89. The van der Waals surface area contributed by atoms with Crippen LogP contribution in [0.5, 0.6) is 0 Å². The van der Waals surface area contributed by atoms with Gasteiger partial charge < -0.3 is 9.84 Å². The number of halogens is 1. The van der Waals surface area contributed by atoms with Crippen molar-refractivity contribution in [3.05, 3.63) is 64.9 Å². The van der Waals surface area contributed by atoms with Gasteiger partial charge in [-0.3, -0.25) is 4.79 Å². The highest BCUT2D eigenvalue weighted by atomic mass is 35.5. The maximum absolute atomic E-state index is 12.8. The van der Waals surface area contributed by atoms with E-state index in [1.807, 2.05) is 0 Å². The molecule has 0 aliphatic heterocycles. The Morgan fingerprint density at radius 2 is 1.78 bits per heavy atom. The smallest absolute Gasteiger partial charge is 0.261 e. The van der Waals surface area contributed by atoms with Crippen LogP contribution in [0.2, 0.25) is 5.02 Å². The summed E-state index contributed by atoms with van der Waals surface area (Å²) in [6.45, 7) is 1.63. The molecule has 2 N–H and O–H groups in total. The Kier molecular flexibility index (Phi) is 5.31. The number of aromatic nitrogens is 1. The van der Waals surface area contributed by atoms with Gasteiger partial charge in [-0.2, -0.15) is 0 Å². The Labute approximate surface area is 161 Å². The molecular formula is C18H16ClN3O4S. The molecular weight excluding hydrogens is 390 g/mol. The SMILES string of the molecule is CNS(=O)(=O)c1ccc(NC(=O)c2c(-c3ccccc3Cl)noc2C)cc1. The van der Waals surface area contributed by atoms with Crippen molar-refractivity contribution in [3.63, 3.8) is 0 Å². The van der Waals surface area contributed by atoms with Crippen molar-refractivity contribution in [2.45, 2.75) is 11.8 Å². The van der Waals surface area contributed by atoms with E-state index in [-0.39, 0.29) is 10.5 Å². The van der Waals surface area contributed by atoms with Crippen molar-refractivity contribution in [2.24, 2.45) is 0 Å². The summed E-state index contributed by atoms with van der Waals surface area (Å²) in [5, 5.41) is 7.12. The first-order valence-electron chi connectivity index (χ1n) is 7.89. The molecule has 1 aromatic heterocycles. The van der Waals surface area contributed by atoms with Crippen molar-refractivity contribution < 1.29 is 17.7 Å². The van der Waals surface area contributed by atoms with Gasteiger partial charge in [0.1, 0.15) is 17.0 Å². The lowest BCUT2D eigenvalue weighted by molar-refractivity contribution is 0.102. The van der Waals surface area contributed by atoms with Crippen LogP contribution in [0.3, 0.4) is 0 Å². The average Bonchev–Trinajstić information content (AvgIpc) is 3.04. The van der Waals surface area contributed by atoms with Gasteiger partial charge >= 0.3 is 0 Å². The van der Waals surface area contributed by atoms with Crippen LogP contribution in [0.15, 0.2) is 57.9 Å². The van der Waals surface area contributed by atoms with Crippen LogP contribution in [0.25, 0.3) is 11.3 Å². The summed E-state index contributed by atoms with van der Waals surface area (Å²) in [5.74, 6) is -0.0929. The summed E-state index contributed by atoms with van der Waals surface area (Å²) < 4.78 is 31.0. The van der Waals surface area contributed by atoms with Crippen molar-refractivity contribution >= 4 is 33.2 Å². The fourth-order valence-corrected chi connectivity index (χ4v) is 3.46. The Morgan fingerprint density at radius 1 is 1.11 bits per heavy atom. The van der Waals surface area contributed by atoms with Gasteiger partial charge in [-0.15, -0.1) is 0 Å². The highest BCUT2D eigenvalue weighted by Gasteiger charge is 2.23. The maximum atomic E-state index is 12.8. The standard InChI is InChI=1S/C18H16ClN3O4S/c1-11-16(17(22-26-11)14-5-3-4-6-15(14)19)18(23)21-12-7-9-13(10-8-12)27(24,25)20-2/h3-10,20H,1-2H3,(H,21,23). The van der Waals surface area contributed by atoms with Crippen molar-refractivity contribution in [1.29, 1.82) is 0 Å².